The molecule has 5 heterocycles. The lowest BCUT2D eigenvalue weighted by molar-refractivity contribution is -0.169. The summed E-state index contributed by atoms with van der Waals surface area (Å²) < 4.78 is 3.60. The van der Waals surface area contributed by atoms with Crippen molar-refractivity contribution in [2.24, 2.45) is 0 Å². The third-order valence-electron chi connectivity index (χ3n) is 4.79. The van der Waals surface area contributed by atoms with Crippen LogP contribution in [0, 0.1) is 0 Å². The number of hydrogen-bond acceptors (Lipinski definition) is 7. The van der Waals surface area contributed by atoms with E-state index in [1.54, 1.807) is 17.0 Å². The van der Waals surface area contributed by atoms with E-state index in [1.165, 1.54) is 5.06 Å². The minimum atomic E-state index is -0.0659. The molecule has 3 aromatic heterocycles. The lowest BCUT2D eigenvalue weighted by atomic mass is 10.1. The molecular weight excluding hydrogens is 336 g/mol. The molecule has 5 rings (SSSR count). The van der Waals surface area contributed by atoms with Crippen LogP contribution in [0.15, 0.2) is 30.7 Å². The van der Waals surface area contributed by atoms with Crippen molar-refractivity contribution in [3.63, 3.8) is 0 Å². The number of carbonyl (C=O) groups is 1. The lowest BCUT2D eigenvalue weighted by Crippen LogP contribution is -2.41. The summed E-state index contributed by atoms with van der Waals surface area (Å²) in [6, 6.07) is 5.73. The van der Waals surface area contributed by atoms with Crippen LogP contribution in [0.5, 0.6) is 0 Å². The molecule has 1 amide bonds. The van der Waals surface area contributed by atoms with Crippen molar-refractivity contribution in [1.82, 2.24) is 34.7 Å². The Labute approximate surface area is 148 Å². The van der Waals surface area contributed by atoms with Crippen LogP contribution in [0.3, 0.4) is 0 Å². The SMILES string of the molecule is O=C(C[C@H]1CN(c2ccc3nncn3n2)Cc2ccnn21)N1CCCO1. The van der Waals surface area contributed by atoms with Crippen LogP contribution in [0.1, 0.15) is 24.6 Å². The number of rotatable bonds is 3. The molecule has 10 nitrogen and oxygen atoms in total. The second kappa shape index (κ2) is 6.06. The number of nitrogens with zero attached hydrogens (tertiary/aromatic N) is 8. The molecule has 0 aromatic carbocycles. The molecule has 1 atom stereocenters. The van der Waals surface area contributed by atoms with E-state index in [9.17, 15) is 4.79 Å². The minimum absolute atomic E-state index is 0.00183. The number of hydrogen-bond donors (Lipinski definition) is 0. The van der Waals surface area contributed by atoms with E-state index in [4.69, 9.17) is 4.84 Å². The van der Waals surface area contributed by atoms with Gasteiger partial charge in [0.2, 0.25) is 5.91 Å². The summed E-state index contributed by atoms with van der Waals surface area (Å²) >= 11 is 0. The fourth-order valence-corrected chi connectivity index (χ4v) is 3.55. The Kier molecular flexibility index (Phi) is 3.56. The first kappa shape index (κ1) is 15.3. The normalized spacial score (nSPS) is 19.9. The number of fused-ring (bicyclic) bond motifs is 2. The van der Waals surface area contributed by atoms with Gasteiger partial charge < -0.3 is 4.90 Å². The average Bonchev–Trinajstić information content (AvgIpc) is 3.40. The maximum Gasteiger partial charge on any atom is 0.248 e. The molecular formula is C16H18N8O2. The van der Waals surface area contributed by atoms with E-state index in [0.29, 0.717) is 38.3 Å². The molecule has 10 heteroatoms. The molecule has 0 radical (unpaired) electrons. The summed E-state index contributed by atoms with van der Waals surface area (Å²) in [4.78, 5) is 20.1. The van der Waals surface area contributed by atoms with E-state index in [2.05, 4.69) is 25.3 Å². The van der Waals surface area contributed by atoms with Gasteiger partial charge in [-0.3, -0.25) is 14.3 Å². The van der Waals surface area contributed by atoms with Gasteiger partial charge in [0.1, 0.15) is 12.1 Å². The fourth-order valence-electron chi connectivity index (χ4n) is 3.55. The quantitative estimate of drug-likeness (QED) is 0.673. The zero-order chi connectivity index (χ0) is 17.5. The summed E-state index contributed by atoms with van der Waals surface area (Å²) in [5.41, 5.74) is 1.76. The van der Waals surface area contributed by atoms with Gasteiger partial charge in [0.15, 0.2) is 5.65 Å². The van der Waals surface area contributed by atoms with E-state index >= 15 is 0 Å². The van der Waals surface area contributed by atoms with Gasteiger partial charge in [-0.25, -0.2) is 5.06 Å². The summed E-state index contributed by atoms with van der Waals surface area (Å²) in [7, 11) is 0. The van der Waals surface area contributed by atoms with Crippen LogP contribution in [-0.2, 0) is 16.2 Å². The number of anilines is 1. The third kappa shape index (κ3) is 2.58. The largest absolute Gasteiger partial charge is 0.347 e. The predicted molar refractivity (Wildman–Crippen MR) is 90.0 cm³/mol. The van der Waals surface area contributed by atoms with Crippen molar-refractivity contribution >= 4 is 17.4 Å². The first-order chi connectivity index (χ1) is 12.8. The molecule has 1 fully saturated rings. The molecule has 0 N–H and O–H groups in total. The molecule has 1 saturated heterocycles. The maximum absolute atomic E-state index is 12.5. The number of carbonyl (C=O) groups excluding carboxylic acids is 1. The number of hydroxylamine groups is 2. The highest BCUT2D eigenvalue weighted by molar-refractivity contribution is 5.75. The Morgan fingerprint density at radius 1 is 1.31 bits per heavy atom. The smallest absolute Gasteiger partial charge is 0.248 e. The summed E-state index contributed by atoms with van der Waals surface area (Å²) in [5, 5.41) is 18.3. The Bertz CT molecular complexity index is 945. The van der Waals surface area contributed by atoms with Crippen LogP contribution in [0.2, 0.25) is 0 Å². The highest BCUT2D eigenvalue weighted by Crippen LogP contribution is 2.27. The molecule has 0 spiro atoms. The van der Waals surface area contributed by atoms with Gasteiger partial charge in [0, 0.05) is 12.7 Å². The zero-order valence-electron chi connectivity index (χ0n) is 14.1. The fraction of sp³-hybridized carbons (Fsp3) is 0.438. The molecule has 0 unspecified atom stereocenters. The third-order valence-corrected chi connectivity index (χ3v) is 4.79. The maximum atomic E-state index is 12.5. The molecule has 0 saturated carbocycles. The molecule has 134 valence electrons. The van der Waals surface area contributed by atoms with Crippen molar-refractivity contribution in [1.29, 1.82) is 0 Å². The van der Waals surface area contributed by atoms with Gasteiger partial charge in [0.25, 0.3) is 0 Å². The minimum Gasteiger partial charge on any atom is -0.347 e. The van der Waals surface area contributed by atoms with Crippen molar-refractivity contribution in [2.45, 2.75) is 25.4 Å². The van der Waals surface area contributed by atoms with Crippen LogP contribution >= 0.6 is 0 Å². The van der Waals surface area contributed by atoms with Gasteiger partial charge in [-0.15, -0.1) is 15.3 Å². The molecule has 3 aromatic rings. The van der Waals surface area contributed by atoms with Gasteiger partial charge in [-0.1, -0.05) is 0 Å². The van der Waals surface area contributed by atoms with Crippen LogP contribution < -0.4 is 4.90 Å². The highest BCUT2D eigenvalue weighted by atomic mass is 16.7. The zero-order valence-corrected chi connectivity index (χ0v) is 14.1. The van der Waals surface area contributed by atoms with Gasteiger partial charge in [-0.2, -0.15) is 9.61 Å². The van der Waals surface area contributed by atoms with E-state index in [1.807, 2.05) is 22.9 Å². The second-order valence-corrected chi connectivity index (χ2v) is 6.51. The van der Waals surface area contributed by atoms with Crippen molar-refractivity contribution in [3.8, 4) is 0 Å². The van der Waals surface area contributed by atoms with Crippen LogP contribution in [0.25, 0.3) is 5.65 Å². The Hall–Kier alpha value is -3.01. The standard InChI is InChI=1S/C16H18N8O2/c25-16(23-6-1-7-26-23)8-13-10-21(9-12-4-5-18-24(12)13)15-3-2-14-19-17-11-22(14)20-15/h2-5,11,13H,1,6-10H2/t13-/m0/s1. The first-order valence-electron chi connectivity index (χ1n) is 8.65. The molecule has 0 bridgehead atoms. The first-order valence-corrected chi connectivity index (χ1v) is 8.65. The summed E-state index contributed by atoms with van der Waals surface area (Å²) in [6.07, 6.45) is 4.59. The molecule has 2 aliphatic heterocycles. The second-order valence-electron chi connectivity index (χ2n) is 6.51. The summed E-state index contributed by atoms with van der Waals surface area (Å²) in [5.74, 6) is 0.817. The summed E-state index contributed by atoms with van der Waals surface area (Å²) in [6.45, 7) is 2.60. The highest BCUT2D eigenvalue weighted by Gasteiger charge is 2.31. The number of aromatic nitrogens is 6. The lowest BCUT2D eigenvalue weighted by Gasteiger charge is -2.34. The van der Waals surface area contributed by atoms with E-state index in [0.717, 1.165) is 17.9 Å². The molecule has 2 aliphatic rings. The van der Waals surface area contributed by atoms with Gasteiger partial charge >= 0.3 is 0 Å². The average molecular weight is 354 g/mol. The van der Waals surface area contributed by atoms with Crippen molar-refractivity contribution < 1.29 is 9.63 Å². The molecule has 0 aliphatic carbocycles. The predicted octanol–water partition coefficient (Wildman–Crippen LogP) is 0.436. The van der Waals surface area contributed by atoms with Crippen LogP contribution in [-0.4, -0.2) is 60.3 Å². The van der Waals surface area contributed by atoms with Gasteiger partial charge in [0.05, 0.1) is 37.9 Å². The van der Waals surface area contributed by atoms with E-state index in [-0.39, 0.29) is 11.9 Å². The van der Waals surface area contributed by atoms with Crippen molar-refractivity contribution in [2.75, 3.05) is 24.6 Å². The van der Waals surface area contributed by atoms with Crippen molar-refractivity contribution in [3.05, 3.63) is 36.4 Å². The Morgan fingerprint density at radius 3 is 3.15 bits per heavy atom. The Balaban J connectivity index is 1.41. The topological polar surface area (TPSA) is 93.7 Å². The Morgan fingerprint density at radius 2 is 2.27 bits per heavy atom. The van der Waals surface area contributed by atoms with Gasteiger partial charge in [-0.05, 0) is 24.6 Å². The van der Waals surface area contributed by atoms with E-state index < -0.39 is 0 Å². The molecule has 26 heavy (non-hydrogen) atoms. The monoisotopic (exact) mass is 354 g/mol. The van der Waals surface area contributed by atoms with Crippen LogP contribution in [0.4, 0.5) is 5.82 Å². The number of amides is 1.